The van der Waals surface area contributed by atoms with Gasteiger partial charge in [-0.2, -0.15) is 0 Å². The van der Waals surface area contributed by atoms with Gasteiger partial charge in [-0.1, -0.05) is 43.6 Å². The number of carbonyl (C=O) groups is 2. The highest BCUT2D eigenvalue weighted by Gasteiger charge is 2.29. The van der Waals surface area contributed by atoms with Crippen LogP contribution in [0.15, 0.2) is 42.5 Å². The highest BCUT2D eigenvalue weighted by atomic mass is 35.5. The standard InChI is InChI=1S/C21H23ClFN3O2/c1-12(2)21(28)24-11-13-6-7-17(22)16(8-13)20-25-18(10-19(27)26-20)14-4-3-5-15(23)9-14/h3-9,12,18,20,25H,10-11H2,1-2H3,(H,24,28)(H,26,27). The third-order valence-electron chi connectivity index (χ3n) is 4.68. The van der Waals surface area contributed by atoms with Gasteiger partial charge in [0.15, 0.2) is 0 Å². The van der Waals surface area contributed by atoms with Crippen LogP contribution in [0.2, 0.25) is 5.02 Å². The first-order valence-electron chi connectivity index (χ1n) is 9.20. The van der Waals surface area contributed by atoms with Gasteiger partial charge in [0.05, 0.1) is 0 Å². The lowest BCUT2D eigenvalue weighted by atomic mass is 9.98. The van der Waals surface area contributed by atoms with Crippen LogP contribution in [-0.4, -0.2) is 11.8 Å². The molecule has 2 unspecified atom stereocenters. The van der Waals surface area contributed by atoms with E-state index in [4.69, 9.17) is 11.6 Å². The van der Waals surface area contributed by atoms with Gasteiger partial charge >= 0.3 is 0 Å². The molecule has 3 N–H and O–H groups in total. The summed E-state index contributed by atoms with van der Waals surface area (Å²) in [5.74, 6) is -0.625. The molecule has 5 nitrogen and oxygen atoms in total. The molecule has 0 aromatic heterocycles. The SMILES string of the molecule is CC(C)C(=O)NCc1ccc(Cl)c(C2NC(=O)CC(c3cccc(F)c3)N2)c1. The molecular formula is C21H23ClFN3O2. The average molecular weight is 404 g/mol. The van der Waals surface area contributed by atoms with E-state index in [1.807, 2.05) is 26.0 Å². The van der Waals surface area contributed by atoms with Crippen LogP contribution in [0.5, 0.6) is 0 Å². The largest absolute Gasteiger partial charge is 0.352 e. The zero-order chi connectivity index (χ0) is 20.3. The Bertz CT molecular complexity index is 888. The predicted octanol–water partition coefficient (Wildman–Crippen LogP) is 3.60. The van der Waals surface area contributed by atoms with Crippen molar-refractivity contribution in [2.24, 2.45) is 5.92 Å². The van der Waals surface area contributed by atoms with E-state index >= 15 is 0 Å². The monoisotopic (exact) mass is 403 g/mol. The second-order valence-corrected chi connectivity index (χ2v) is 7.61. The molecule has 2 atom stereocenters. The minimum atomic E-state index is -0.511. The van der Waals surface area contributed by atoms with Crippen molar-refractivity contribution in [2.45, 2.75) is 39.0 Å². The van der Waals surface area contributed by atoms with Crippen molar-refractivity contribution in [1.29, 1.82) is 0 Å². The first-order chi connectivity index (χ1) is 13.3. The lowest BCUT2D eigenvalue weighted by Gasteiger charge is -2.33. The number of halogens is 2. The Kier molecular flexibility index (Phi) is 6.31. The maximum absolute atomic E-state index is 13.6. The third kappa shape index (κ3) is 4.88. The van der Waals surface area contributed by atoms with Crippen molar-refractivity contribution in [1.82, 2.24) is 16.0 Å². The Morgan fingerprint density at radius 3 is 2.79 bits per heavy atom. The number of nitrogens with one attached hydrogen (secondary N) is 3. The van der Waals surface area contributed by atoms with Gasteiger partial charge in [0.2, 0.25) is 11.8 Å². The summed E-state index contributed by atoms with van der Waals surface area (Å²) in [5.41, 5.74) is 2.28. The minimum Gasteiger partial charge on any atom is -0.352 e. The summed E-state index contributed by atoms with van der Waals surface area (Å²) in [5, 5.41) is 9.57. The van der Waals surface area contributed by atoms with E-state index in [1.165, 1.54) is 12.1 Å². The molecule has 0 radical (unpaired) electrons. The molecule has 1 saturated heterocycles. The topological polar surface area (TPSA) is 70.2 Å². The van der Waals surface area contributed by atoms with Gasteiger partial charge in [-0.15, -0.1) is 0 Å². The van der Waals surface area contributed by atoms with Gasteiger partial charge in [-0.05, 0) is 35.4 Å². The molecular weight excluding hydrogens is 381 g/mol. The van der Waals surface area contributed by atoms with Crippen molar-refractivity contribution < 1.29 is 14.0 Å². The fourth-order valence-electron chi connectivity index (χ4n) is 3.13. The Labute approximate surface area is 168 Å². The highest BCUT2D eigenvalue weighted by molar-refractivity contribution is 6.31. The van der Waals surface area contributed by atoms with E-state index in [-0.39, 0.29) is 36.0 Å². The summed E-state index contributed by atoms with van der Waals surface area (Å²) in [7, 11) is 0. The fraction of sp³-hybridized carbons (Fsp3) is 0.333. The van der Waals surface area contributed by atoms with Gasteiger partial charge in [0.25, 0.3) is 0 Å². The molecule has 148 valence electrons. The van der Waals surface area contributed by atoms with Crippen LogP contribution in [0.4, 0.5) is 4.39 Å². The number of rotatable bonds is 5. The van der Waals surface area contributed by atoms with Crippen LogP contribution < -0.4 is 16.0 Å². The normalized spacial score (nSPS) is 19.4. The van der Waals surface area contributed by atoms with Crippen LogP contribution >= 0.6 is 11.6 Å². The summed E-state index contributed by atoms with van der Waals surface area (Å²) < 4.78 is 13.6. The fourth-order valence-corrected chi connectivity index (χ4v) is 3.36. The lowest BCUT2D eigenvalue weighted by Crippen LogP contribution is -2.46. The van der Waals surface area contributed by atoms with Crippen LogP contribution in [0, 0.1) is 11.7 Å². The molecule has 28 heavy (non-hydrogen) atoms. The first kappa shape index (κ1) is 20.3. The zero-order valence-corrected chi connectivity index (χ0v) is 16.5. The molecule has 0 spiro atoms. The number of carbonyl (C=O) groups excluding carboxylic acids is 2. The lowest BCUT2D eigenvalue weighted by molar-refractivity contribution is -0.125. The van der Waals surface area contributed by atoms with Gasteiger partial charge in [-0.3, -0.25) is 14.9 Å². The molecule has 1 heterocycles. The predicted molar refractivity (Wildman–Crippen MR) is 106 cm³/mol. The summed E-state index contributed by atoms with van der Waals surface area (Å²) >= 11 is 6.37. The van der Waals surface area contributed by atoms with Crippen LogP contribution in [0.25, 0.3) is 0 Å². The quantitative estimate of drug-likeness (QED) is 0.714. The van der Waals surface area contributed by atoms with E-state index in [0.717, 1.165) is 5.56 Å². The summed E-state index contributed by atoms with van der Waals surface area (Å²) in [6.07, 6.45) is -0.301. The molecule has 7 heteroatoms. The third-order valence-corrected chi connectivity index (χ3v) is 5.02. The molecule has 2 aromatic carbocycles. The first-order valence-corrected chi connectivity index (χ1v) is 9.58. The molecule has 0 saturated carbocycles. The summed E-state index contributed by atoms with van der Waals surface area (Å²) in [6, 6.07) is 11.3. The van der Waals surface area contributed by atoms with Gasteiger partial charge < -0.3 is 10.6 Å². The Morgan fingerprint density at radius 1 is 1.29 bits per heavy atom. The molecule has 1 aliphatic rings. The van der Waals surface area contributed by atoms with Gasteiger partial charge in [-0.25, -0.2) is 4.39 Å². The molecule has 1 fully saturated rings. The average Bonchev–Trinajstić information content (AvgIpc) is 2.66. The van der Waals surface area contributed by atoms with Crippen LogP contribution in [-0.2, 0) is 16.1 Å². The summed E-state index contributed by atoms with van der Waals surface area (Å²) in [4.78, 5) is 24.1. The molecule has 1 aliphatic heterocycles. The number of hydrogen-bond acceptors (Lipinski definition) is 3. The van der Waals surface area contributed by atoms with Gasteiger partial charge in [0.1, 0.15) is 12.0 Å². The van der Waals surface area contributed by atoms with E-state index in [9.17, 15) is 14.0 Å². The van der Waals surface area contributed by atoms with E-state index in [2.05, 4.69) is 16.0 Å². The van der Waals surface area contributed by atoms with E-state index in [0.29, 0.717) is 22.7 Å². The molecule has 2 amide bonds. The van der Waals surface area contributed by atoms with Gasteiger partial charge in [0, 0.05) is 35.5 Å². The second kappa shape index (κ2) is 8.71. The van der Waals surface area contributed by atoms with Crippen molar-refractivity contribution in [2.75, 3.05) is 0 Å². The Morgan fingerprint density at radius 2 is 2.07 bits per heavy atom. The highest BCUT2D eigenvalue weighted by Crippen LogP contribution is 2.30. The second-order valence-electron chi connectivity index (χ2n) is 7.21. The van der Waals surface area contributed by atoms with Crippen LogP contribution in [0.3, 0.4) is 0 Å². The number of hydrogen-bond donors (Lipinski definition) is 3. The zero-order valence-electron chi connectivity index (χ0n) is 15.8. The Hall–Kier alpha value is -2.44. The van der Waals surface area contributed by atoms with E-state index < -0.39 is 6.17 Å². The van der Waals surface area contributed by atoms with Crippen LogP contribution in [0.1, 0.15) is 49.2 Å². The van der Waals surface area contributed by atoms with Crippen molar-refractivity contribution >= 4 is 23.4 Å². The maximum Gasteiger partial charge on any atom is 0.223 e. The molecule has 0 bridgehead atoms. The minimum absolute atomic E-state index is 0.0354. The van der Waals surface area contributed by atoms with Crippen molar-refractivity contribution in [3.05, 3.63) is 70.0 Å². The number of amides is 2. The molecule has 0 aliphatic carbocycles. The van der Waals surface area contributed by atoms with Crippen molar-refractivity contribution in [3.63, 3.8) is 0 Å². The Balaban J connectivity index is 1.80. The maximum atomic E-state index is 13.6. The number of benzene rings is 2. The summed E-state index contributed by atoms with van der Waals surface area (Å²) in [6.45, 7) is 4.03. The van der Waals surface area contributed by atoms with E-state index in [1.54, 1.807) is 18.2 Å². The van der Waals surface area contributed by atoms with Crippen molar-refractivity contribution in [3.8, 4) is 0 Å². The smallest absolute Gasteiger partial charge is 0.223 e. The molecule has 3 rings (SSSR count). The molecule has 2 aromatic rings.